The minimum Gasteiger partial charge on any atom is -0.480 e. The van der Waals surface area contributed by atoms with Crippen LogP contribution in [0.5, 0.6) is 0 Å². The third kappa shape index (κ3) is 3.59. The summed E-state index contributed by atoms with van der Waals surface area (Å²) in [5.41, 5.74) is 0. The maximum atomic E-state index is 12.3. The van der Waals surface area contributed by atoms with Crippen LogP contribution in [0.25, 0.3) is 0 Å². The third-order valence-electron chi connectivity index (χ3n) is 3.21. The van der Waals surface area contributed by atoms with Gasteiger partial charge in [0.1, 0.15) is 12.1 Å². The molecule has 108 valence electrons. The minimum atomic E-state index is -1.01. The van der Waals surface area contributed by atoms with Gasteiger partial charge in [-0.1, -0.05) is 13.8 Å². The molecular formula is C12H20N2O5. The number of carbonyl (C=O) groups excluding carboxylic acids is 2. The molecule has 0 saturated carbocycles. The summed E-state index contributed by atoms with van der Waals surface area (Å²) >= 11 is 0. The number of hydrogen-bond acceptors (Lipinski definition) is 4. The maximum absolute atomic E-state index is 12.3. The molecule has 1 heterocycles. The predicted octanol–water partition coefficient (Wildman–Crippen LogP) is 0.443. The number of hydrogen-bond donors (Lipinski definition) is 2. The van der Waals surface area contributed by atoms with Crippen LogP contribution in [-0.4, -0.2) is 53.7 Å². The number of rotatable bonds is 4. The molecule has 2 atom stereocenters. The second kappa shape index (κ2) is 6.40. The largest absolute Gasteiger partial charge is 0.480 e. The van der Waals surface area contributed by atoms with Gasteiger partial charge in [0.25, 0.3) is 0 Å². The fourth-order valence-electron chi connectivity index (χ4n) is 2.17. The smallest absolute Gasteiger partial charge is 0.407 e. The first-order valence-corrected chi connectivity index (χ1v) is 6.26. The molecule has 2 amide bonds. The number of ether oxygens (including phenoxy) is 1. The number of nitrogens with one attached hydrogen (secondary N) is 1. The fourth-order valence-corrected chi connectivity index (χ4v) is 2.17. The molecule has 19 heavy (non-hydrogen) atoms. The minimum absolute atomic E-state index is 0.151. The molecule has 0 aliphatic carbocycles. The van der Waals surface area contributed by atoms with Crippen LogP contribution in [0.3, 0.4) is 0 Å². The summed E-state index contributed by atoms with van der Waals surface area (Å²) in [5.74, 6) is -1.53. The highest BCUT2D eigenvalue weighted by Gasteiger charge is 2.38. The summed E-state index contributed by atoms with van der Waals surface area (Å²) in [6, 6.07) is -1.57. The van der Waals surface area contributed by atoms with E-state index in [1.165, 1.54) is 12.0 Å². The standard InChI is InChI=1S/C12H20N2O5/c1-7(2)9(13-12(18)19-3)10(15)14-6-4-5-8(14)11(16)17/h7-9H,4-6H2,1-3H3,(H,13,18)(H,16,17). The zero-order valence-electron chi connectivity index (χ0n) is 11.4. The number of aliphatic carboxylic acids is 1. The average molecular weight is 272 g/mol. The van der Waals surface area contributed by atoms with Gasteiger partial charge in [0.05, 0.1) is 7.11 Å². The third-order valence-corrected chi connectivity index (χ3v) is 3.21. The van der Waals surface area contributed by atoms with Gasteiger partial charge in [-0.2, -0.15) is 0 Å². The van der Waals surface area contributed by atoms with Gasteiger partial charge in [-0.05, 0) is 18.8 Å². The van der Waals surface area contributed by atoms with Crippen molar-refractivity contribution >= 4 is 18.0 Å². The number of carboxylic acids is 1. The number of nitrogens with zero attached hydrogens (tertiary/aromatic N) is 1. The van der Waals surface area contributed by atoms with E-state index in [0.717, 1.165) is 0 Å². The highest BCUT2D eigenvalue weighted by Crippen LogP contribution is 2.20. The van der Waals surface area contributed by atoms with Crippen molar-refractivity contribution in [1.29, 1.82) is 0 Å². The van der Waals surface area contributed by atoms with Crippen LogP contribution < -0.4 is 5.32 Å². The molecular weight excluding hydrogens is 252 g/mol. The Hall–Kier alpha value is -1.79. The summed E-state index contributed by atoms with van der Waals surface area (Å²) in [7, 11) is 1.22. The lowest BCUT2D eigenvalue weighted by Crippen LogP contribution is -2.53. The zero-order valence-corrected chi connectivity index (χ0v) is 11.4. The van der Waals surface area contributed by atoms with E-state index in [1.54, 1.807) is 13.8 Å². The fraction of sp³-hybridized carbons (Fsp3) is 0.750. The average Bonchev–Trinajstić information content (AvgIpc) is 2.83. The van der Waals surface area contributed by atoms with E-state index in [9.17, 15) is 14.4 Å². The topological polar surface area (TPSA) is 95.9 Å². The molecule has 1 aliphatic rings. The van der Waals surface area contributed by atoms with Crippen molar-refractivity contribution in [3.8, 4) is 0 Å². The summed E-state index contributed by atoms with van der Waals surface area (Å²) in [6.07, 6.45) is 0.411. The molecule has 1 fully saturated rings. The Labute approximate surface area is 111 Å². The Balaban J connectivity index is 2.81. The maximum Gasteiger partial charge on any atom is 0.407 e. The quantitative estimate of drug-likeness (QED) is 0.774. The monoisotopic (exact) mass is 272 g/mol. The lowest BCUT2D eigenvalue weighted by atomic mass is 10.0. The number of likely N-dealkylation sites (tertiary alicyclic amines) is 1. The molecule has 2 unspecified atom stereocenters. The van der Waals surface area contributed by atoms with Crippen LogP contribution >= 0.6 is 0 Å². The molecule has 0 aromatic heterocycles. The summed E-state index contributed by atoms with van der Waals surface area (Å²) in [6.45, 7) is 3.97. The van der Waals surface area contributed by atoms with Crippen LogP contribution in [0.2, 0.25) is 0 Å². The Morgan fingerprint density at radius 2 is 2.00 bits per heavy atom. The van der Waals surface area contributed by atoms with Gasteiger partial charge in [-0.3, -0.25) is 4.79 Å². The van der Waals surface area contributed by atoms with Crippen molar-refractivity contribution in [1.82, 2.24) is 10.2 Å². The van der Waals surface area contributed by atoms with Gasteiger partial charge in [0.15, 0.2) is 0 Å². The van der Waals surface area contributed by atoms with Crippen LogP contribution in [0.4, 0.5) is 4.79 Å². The van der Waals surface area contributed by atoms with E-state index in [-0.39, 0.29) is 11.8 Å². The van der Waals surface area contributed by atoms with Crippen molar-refractivity contribution in [2.45, 2.75) is 38.8 Å². The molecule has 1 aliphatic heterocycles. The molecule has 0 aromatic rings. The zero-order chi connectivity index (χ0) is 14.6. The lowest BCUT2D eigenvalue weighted by molar-refractivity contribution is -0.149. The van der Waals surface area contributed by atoms with Gasteiger partial charge in [0.2, 0.25) is 5.91 Å². The highest BCUT2D eigenvalue weighted by atomic mass is 16.5. The Morgan fingerprint density at radius 1 is 1.37 bits per heavy atom. The molecule has 7 heteroatoms. The van der Waals surface area contributed by atoms with Gasteiger partial charge >= 0.3 is 12.1 Å². The molecule has 0 radical (unpaired) electrons. The van der Waals surface area contributed by atoms with Gasteiger partial charge < -0.3 is 20.1 Å². The molecule has 1 rings (SSSR count). The van der Waals surface area contributed by atoms with Gasteiger partial charge in [-0.25, -0.2) is 9.59 Å². The SMILES string of the molecule is COC(=O)NC(C(=O)N1CCCC1C(=O)O)C(C)C. The first kappa shape index (κ1) is 15.3. The number of amides is 2. The van der Waals surface area contributed by atoms with E-state index in [4.69, 9.17) is 5.11 Å². The molecule has 0 spiro atoms. The molecule has 7 nitrogen and oxygen atoms in total. The van der Waals surface area contributed by atoms with Crippen molar-refractivity contribution < 1.29 is 24.2 Å². The summed E-state index contributed by atoms with van der Waals surface area (Å²) < 4.78 is 4.48. The normalized spacial score (nSPS) is 20.2. The van der Waals surface area contributed by atoms with Gasteiger partial charge in [-0.15, -0.1) is 0 Å². The van der Waals surface area contributed by atoms with Crippen LogP contribution in [-0.2, 0) is 14.3 Å². The van der Waals surface area contributed by atoms with E-state index in [2.05, 4.69) is 10.1 Å². The summed E-state index contributed by atoms with van der Waals surface area (Å²) in [4.78, 5) is 36.0. The first-order valence-electron chi connectivity index (χ1n) is 6.26. The van der Waals surface area contributed by atoms with Crippen molar-refractivity contribution in [2.75, 3.05) is 13.7 Å². The predicted molar refractivity (Wildman–Crippen MR) is 66.5 cm³/mol. The van der Waals surface area contributed by atoms with E-state index in [1.807, 2.05) is 0 Å². The van der Waals surface area contributed by atoms with Gasteiger partial charge in [0, 0.05) is 6.54 Å². The van der Waals surface area contributed by atoms with Crippen LogP contribution in [0.1, 0.15) is 26.7 Å². The van der Waals surface area contributed by atoms with Crippen molar-refractivity contribution in [3.05, 3.63) is 0 Å². The van der Waals surface area contributed by atoms with Crippen molar-refractivity contribution in [2.24, 2.45) is 5.92 Å². The second-order valence-electron chi connectivity index (χ2n) is 4.89. The molecule has 0 aromatic carbocycles. The lowest BCUT2D eigenvalue weighted by Gasteiger charge is -2.28. The number of alkyl carbamates (subject to hydrolysis) is 1. The number of carbonyl (C=O) groups is 3. The Bertz CT molecular complexity index is 369. The van der Waals surface area contributed by atoms with E-state index in [0.29, 0.717) is 19.4 Å². The Kier molecular flexibility index (Phi) is 5.14. The molecule has 1 saturated heterocycles. The number of carboxylic acid groups (broad SMARTS) is 1. The van der Waals surface area contributed by atoms with E-state index >= 15 is 0 Å². The number of methoxy groups -OCH3 is 1. The van der Waals surface area contributed by atoms with Crippen LogP contribution in [0, 0.1) is 5.92 Å². The van der Waals surface area contributed by atoms with E-state index < -0.39 is 24.1 Å². The van der Waals surface area contributed by atoms with Crippen molar-refractivity contribution in [3.63, 3.8) is 0 Å². The molecule has 2 N–H and O–H groups in total. The second-order valence-corrected chi connectivity index (χ2v) is 4.89. The highest BCUT2D eigenvalue weighted by molar-refractivity contribution is 5.89. The molecule has 0 bridgehead atoms. The first-order chi connectivity index (χ1) is 8.88. The Morgan fingerprint density at radius 3 is 2.47 bits per heavy atom. The van der Waals surface area contributed by atoms with Crippen LogP contribution in [0.15, 0.2) is 0 Å². The summed E-state index contributed by atoms with van der Waals surface area (Å²) in [5, 5.41) is 11.5.